The van der Waals surface area contributed by atoms with Crippen molar-refractivity contribution in [3.8, 4) is 6.07 Å². The van der Waals surface area contributed by atoms with Gasteiger partial charge in [-0.25, -0.2) is 0 Å². The lowest BCUT2D eigenvalue weighted by atomic mass is 9.75. The summed E-state index contributed by atoms with van der Waals surface area (Å²) in [5.41, 5.74) is -0.825. The highest BCUT2D eigenvalue weighted by Crippen LogP contribution is 2.36. The van der Waals surface area contributed by atoms with Gasteiger partial charge < -0.3 is 4.74 Å². The van der Waals surface area contributed by atoms with E-state index in [-0.39, 0.29) is 5.97 Å². The third-order valence-corrected chi connectivity index (χ3v) is 2.59. The molecule has 0 atom stereocenters. The number of carbonyl (C=O) groups excluding carboxylic acids is 1. The molecule has 0 aliphatic heterocycles. The summed E-state index contributed by atoms with van der Waals surface area (Å²) in [4.78, 5) is 11.5. The highest BCUT2D eigenvalue weighted by Gasteiger charge is 2.41. The van der Waals surface area contributed by atoms with Gasteiger partial charge in [0.15, 0.2) is 5.41 Å². The maximum atomic E-state index is 11.5. The summed E-state index contributed by atoms with van der Waals surface area (Å²) >= 11 is 0. The summed E-state index contributed by atoms with van der Waals surface area (Å²) < 4.78 is 4.91. The van der Waals surface area contributed by atoms with Gasteiger partial charge in [-0.1, -0.05) is 19.3 Å². The average Bonchev–Trinajstić information content (AvgIpc) is 2.19. The molecule has 0 aromatic rings. The maximum Gasteiger partial charge on any atom is 0.326 e. The lowest BCUT2D eigenvalue weighted by Crippen LogP contribution is -2.33. The molecule has 0 heterocycles. The Kier molecular flexibility index (Phi) is 3.30. The van der Waals surface area contributed by atoms with Crippen LogP contribution in [0.15, 0.2) is 0 Å². The number of ether oxygens (including phenoxy) is 1. The lowest BCUT2D eigenvalue weighted by Gasteiger charge is -2.27. The number of carbonyl (C=O) groups is 1. The standard InChI is InChI=1S/C10H15NO2/c1-2-13-9(12)10(8-11)6-4-3-5-7-10/h2-7H2,1H3. The Morgan fingerprint density at radius 1 is 1.46 bits per heavy atom. The van der Waals surface area contributed by atoms with Crippen molar-refractivity contribution in [2.75, 3.05) is 6.61 Å². The van der Waals surface area contributed by atoms with Gasteiger partial charge in [0, 0.05) is 0 Å². The SMILES string of the molecule is CCOC(=O)C1(C#N)CCCCC1. The zero-order valence-electron chi connectivity index (χ0n) is 8.01. The second-order valence-corrected chi connectivity index (χ2v) is 3.48. The van der Waals surface area contributed by atoms with Crippen LogP contribution in [0.5, 0.6) is 0 Å². The molecule has 0 bridgehead atoms. The van der Waals surface area contributed by atoms with Crippen LogP contribution in [-0.4, -0.2) is 12.6 Å². The number of nitriles is 1. The zero-order valence-corrected chi connectivity index (χ0v) is 8.01. The van der Waals surface area contributed by atoms with Crippen molar-refractivity contribution in [3.05, 3.63) is 0 Å². The van der Waals surface area contributed by atoms with Gasteiger partial charge in [0.1, 0.15) is 0 Å². The summed E-state index contributed by atoms with van der Waals surface area (Å²) in [5.74, 6) is -0.322. The van der Waals surface area contributed by atoms with Gasteiger partial charge in [0.2, 0.25) is 0 Å². The number of esters is 1. The van der Waals surface area contributed by atoms with E-state index in [1.807, 2.05) is 0 Å². The summed E-state index contributed by atoms with van der Waals surface area (Å²) in [6, 6.07) is 2.13. The molecule has 0 amide bonds. The van der Waals surface area contributed by atoms with Crippen LogP contribution in [0.2, 0.25) is 0 Å². The molecule has 0 aromatic carbocycles. The number of nitrogens with zero attached hydrogens (tertiary/aromatic N) is 1. The molecule has 1 fully saturated rings. The molecule has 0 saturated heterocycles. The average molecular weight is 181 g/mol. The molecule has 1 aliphatic carbocycles. The summed E-state index contributed by atoms with van der Waals surface area (Å²) in [7, 11) is 0. The van der Waals surface area contributed by atoms with Crippen molar-refractivity contribution in [2.45, 2.75) is 39.0 Å². The van der Waals surface area contributed by atoms with Crippen molar-refractivity contribution >= 4 is 5.97 Å². The Bertz CT molecular complexity index is 224. The van der Waals surface area contributed by atoms with Crippen LogP contribution < -0.4 is 0 Å². The minimum absolute atomic E-state index is 0.322. The quantitative estimate of drug-likeness (QED) is 0.612. The summed E-state index contributed by atoms with van der Waals surface area (Å²) in [6.07, 6.45) is 4.40. The molecule has 0 spiro atoms. The molecule has 0 radical (unpaired) electrons. The van der Waals surface area contributed by atoms with Crippen LogP contribution in [0.3, 0.4) is 0 Å². The first-order valence-electron chi connectivity index (χ1n) is 4.83. The number of rotatable bonds is 2. The van der Waals surface area contributed by atoms with Crippen LogP contribution >= 0.6 is 0 Å². The van der Waals surface area contributed by atoms with Gasteiger partial charge in [-0.2, -0.15) is 5.26 Å². The summed E-state index contributed by atoms with van der Waals surface area (Å²) in [5, 5.41) is 8.99. The van der Waals surface area contributed by atoms with E-state index in [0.717, 1.165) is 19.3 Å². The zero-order chi connectivity index (χ0) is 9.73. The highest BCUT2D eigenvalue weighted by molar-refractivity contribution is 5.80. The molecular weight excluding hydrogens is 166 g/mol. The first kappa shape index (κ1) is 10.0. The van der Waals surface area contributed by atoms with Crippen LogP contribution in [0.1, 0.15) is 39.0 Å². The van der Waals surface area contributed by atoms with Crippen molar-refractivity contribution in [3.63, 3.8) is 0 Å². The van der Waals surface area contributed by atoms with Crippen molar-refractivity contribution in [2.24, 2.45) is 5.41 Å². The van der Waals surface area contributed by atoms with Crippen LogP contribution in [0.4, 0.5) is 0 Å². The molecule has 13 heavy (non-hydrogen) atoms. The largest absolute Gasteiger partial charge is 0.465 e. The Morgan fingerprint density at radius 2 is 2.08 bits per heavy atom. The van der Waals surface area contributed by atoms with Crippen molar-refractivity contribution in [1.29, 1.82) is 5.26 Å². The van der Waals surface area contributed by atoms with Crippen molar-refractivity contribution in [1.82, 2.24) is 0 Å². The van der Waals surface area contributed by atoms with Gasteiger partial charge >= 0.3 is 5.97 Å². The molecular formula is C10H15NO2. The molecule has 72 valence electrons. The fourth-order valence-electron chi connectivity index (χ4n) is 1.79. The van der Waals surface area contributed by atoms with Gasteiger partial charge in [0.05, 0.1) is 12.7 Å². The highest BCUT2D eigenvalue weighted by atomic mass is 16.5. The predicted molar refractivity (Wildman–Crippen MR) is 47.8 cm³/mol. The predicted octanol–water partition coefficient (Wildman–Crippen LogP) is 2.02. The molecule has 3 nitrogen and oxygen atoms in total. The van der Waals surface area contributed by atoms with Gasteiger partial charge in [-0.15, -0.1) is 0 Å². The van der Waals surface area contributed by atoms with E-state index in [9.17, 15) is 4.79 Å². The molecule has 3 heteroatoms. The smallest absolute Gasteiger partial charge is 0.326 e. The van der Waals surface area contributed by atoms with E-state index >= 15 is 0 Å². The minimum atomic E-state index is -0.825. The molecule has 1 rings (SSSR count). The lowest BCUT2D eigenvalue weighted by molar-refractivity contribution is -0.153. The number of hydrogen-bond acceptors (Lipinski definition) is 3. The van der Waals surface area contributed by atoms with E-state index < -0.39 is 5.41 Å². The second-order valence-electron chi connectivity index (χ2n) is 3.48. The van der Waals surface area contributed by atoms with Crippen molar-refractivity contribution < 1.29 is 9.53 Å². The third kappa shape index (κ3) is 2.00. The first-order valence-corrected chi connectivity index (χ1v) is 4.83. The Labute approximate surface area is 78.7 Å². The number of hydrogen-bond donors (Lipinski definition) is 0. The fraction of sp³-hybridized carbons (Fsp3) is 0.800. The topological polar surface area (TPSA) is 50.1 Å². The van der Waals surface area contributed by atoms with E-state index in [4.69, 9.17) is 10.00 Å². The van der Waals surface area contributed by atoms with Crippen LogP contribution in [0.25, 0.3) is 0 Å². The van der Waals surface area contributed by atoms with Gasteiger partial charge in [0.25, 0.3) is 0 Å². The molecule has 1 aliphatic rings. The maximum absolute atomic E-state index is 11.5. The van der Waals surface area contributed by atoms with E-state index in [1.165, 1.54) is 0 Å². The van der Waals surface area contributed by atoms with Crippen LogP contribution in [-0.2, 0) is 9.53 Å². The van der Waals surface area contributed by atoms with E-state index in [2.05, 4.69) is 6.07 Å². The van der Waals surface area contributed by atoms with E-state index in [0.29, 0.717) is 19.4 Å². The Hall–Kier alpha value is -1.04. The van der Waals surface area contributed by atoms with Crippen LogP contribution in [0, 0.1) is 16.7 Å². The monoisotopic (exact) mass is 181 g/mol. The second kappa shape index (κ2) is 4.27. The molecule has 1 saturated carbocycles. The Morgan fingerprint density at radius 3 is 2.54 bits per heavy atom. The normalized spacial score (nSPS) is 20.3. The molecule has 0 unspecified atom stereocenters. The van der Waals surface area contributed by atoms with Gasteiger partial charge in [-0.05, 0) is 19.8 Å². The Balaban J connectivity index is 2.68. The first-order chi connectivity index (χ1) is 6.25. The third-order valence-electron chi connectivity index (χ3n) is 2.59. The van der Waals surface area contributed by atoms with E-state index in [1.54, 1.807) is 6.92 Å². The fourth-order valence-corrected chi connectivity index (χ4v) is 1.79. The summed E-state index contributed by atoms with van der Waals surface area (Å²) in [6.45, 7) is 2.13. The molecule has 0 aromatic heterocycles. The molecule has 0 N–H and O–H groups in total. The van der Waals surface area contributed by atoms with Gasteiger partial charge in [-0.3, -0.25) is 4.79 Å². The minimum Gasteiger partial charge on any atom is -0.465 e.